The molecule has 17 heavy (non-hydrogen) atoms. The number of nitrogen functional groups attached to an aromatic ring is 1. The Balaban J connectivity index is 2.18. The fourth-order valence-electron chi connectivity index (χ4n) is 1.43. The predicted octanol–water partition coefficient (Wildman–Crippen LogP) is 2.48. The summed E-state index contributed by atoms with van der Waals surface area (Å²) in [6.45, 7) is 0.835. The van der Waals surface area contributed by atoms with Crippen LogP contribution in [0.15, 0.2) is 28.7 Å². The van der Waals surface area contributed by atoms with Crippen LogP contribution in [0.3, 0.4) is 0 Å². The van der Waals surface area contributed by atoms with Crippen molar-refractivity contribution in [3.05, 3.63) is 28.5 Å². The van der Waals surface area contributed by atoms with E-state index in [1.54, 1.807) is 17.4 Å². The maximum absolute atomic E-state index is 5.76. The van der Waals surface area contributed by atoms with Gasteiger partial charge in [-0.25, -0.2) is 9.97 Å². The number of anilines is 2. The van der Waals surface area contributed by atoms with Gasteiger partial charge >= 0.3 is 0 Å². The number of hydrogen-bond donors (Lipinski definition) is 1. The van der Waals surface area contributed by atoms with E-state index in [1.165, 1.54) is 16.6 Å². The van der Waals surface area contributed by atoms with Crippen LogP contribution >= 0.6 is 23.1 Å². The summed E-state index contributed by atoms with van der Waals surface area (Å²) in [7, 11) is 2.01. The molecule has 0 fully saturated rings. The Morgan fingerprint density at radius 3 is 2.94 bits per heavy atom. The van der Waals surface area contributed by atoms with Crippen molar-refractivity contribution >= 4 is 34.7 Å². The standard InChI is InChI=1S/C11H14N4S2/c1-15(7-8-4-3-5-17-8)10-6-9(12)13-11(14-10)16-2/h3-6H,7H2,1-2H3,(H2,12,13,14). The summed E-state index contributed by atoms with van der Waals surface area (Å²) in [5.41, 5.74) is 5.76. The first-order valence-electron chi connectivity index (χ1n) is 5.11. The third kappa shape index (κ3) is 3.10. The van der Waals surface area contributed by atoms with Gasteiger partial charge in [0.25, 0.3) is 0 Å². The quantitative estimate of drug-likeness (QED) is 0.680. The molecule has 0 spiro atoms. The minimum absolute atomic E-state index is 0.511. The number of aromatic nitrogens is 2. The zero-order valence-electron chi connectivity index (χ0n) is 9.75. The summed E-state index contributed by atoms with van der Waals surface area (Å²) < 4.78 is 0. The van der Waals surface area contributed by atoms with E-state index in [2.05, 4.69) is 32.4 Å². The third-order valence-electron chi connectivity index (χ3n) is 2.26. The lowest BCUT2D eigenvalue weighted by molar-refractivity contribution is 0.869. The van der Waals surface area contributed by atoms with Crippen molar-refractivity contribution in [3.8, 4) is 0 Å². The lowest BCUT2D eigenvalue weighted by Crippen LogP contribution is -2.17. The minimum Gasteiger partial charge on any atom is -0.383 e. The van der Waals surface area contributed by atoms with Gasteiger partial charge in [0, 0.05) is 18.0 Å². The molecule has 4 nitrogen and oxygen atoms in total. The van der Waals surface area contributed by atoms with Gasteiger partial charge in [0.2, 0.25) is 0 Å². The molecule has 2 aromatic heterocycles. The molecule has 0 unspecified atom stereocenters. The largest absolute Gasteiger partial charge is 0.383 e. The Kier molecular flexibility index (Phi) is 3.86. The Morgan fingerprint density at radius 1 is 1.47 bits per heavy atom. The predicted molar refractivity (Wildman–Crippen MR) is 74.7 cm³/mol. The zero-order valence-corrected chi connectivity index (χ0v) is 11.4. The van der Waals surface area contributed by atoms with Crippen LogP contribution in [0.25, 0.3) is 0 Å². The van der Waals surface area contributed by atoms with E-state index in [4.69, 9.17) is 5.73 Å². The zero-order chi connectivity index (χ0) is 12.3. The smallest absolute Gasteiger partial charge is 0.191 e. The van der Waals surface area contributed by atoms with Crippen molar-refractivity contribution in [3.63, 3.8) is 0 Å². The fraction of sp³-hybridized carbons (Fsp3) is 0.273. The first-order valence-corrected chi connectivity index (χ1v) is 7.21. The van der Waals surface area contributed by atoms with Gasteiger partial charge in [-0.1, -0.05) is 17.8 Å². The average Bonchev–Trinajstić information content (AvgIpc) is 2.81. The first kappa shape index (κ1) is 12.2. The second kappa shape index (κ2) is 5.37. The molecule has 0 aliphatic heterocycles. The lowest BCUT2D eigenvalue weighted by Gasteiger charge is -2.17. The van der Waals surface area contributed by atoms with Gasteiger partial charge in [0.15, 0.2) is 5.16 Å². The molecule has 0 aliphatic carbocycles. The summed E-state index contributed by atoms with van der Waals surface area (Å²) in [6.07, 6.45) is 1.94. The molecule has 0 amide bonds. The minimum atomic E-state index is 0.511. The molecule has 0 saturated carbocycles. The van der Waals surface area contributed by atoms with E-state index in [9.17, 15) is 0 Å². The van der Waals surface area contributed by atoms with Crippen LogP contribution in [0.2, 0.25) is 0 Å². The molecular weight excluding hydrogens is 252 g/mol. The molecule has 2 rings (SSSR count). The van der Waals surface area contributed by atoms with Crippen molar-refractivity contribution < 1.29 is 0 Å². The third-order valence-corrected chi connectivity index (χ3v) is 3.67. The van der Waals surface area contributed by atoms with Gasteiger partial charge in [-0.15, -0.1) is 11.3 Å². The Hall–Kier alpha value is -1.27. The van der Waals surface area contributed by atoms with Gasteiger partial charge < -0.3 is 10.6 Å². The average molecular weight is 266 g/mol. The summed E-state index contributed by atoms with van der Waals surface area (Å²) in [5, 5.41) is 2.78. The van der Waals surface area contributed by atoms with Crippen molar-refractivity contribution in [2.75, 3.05) is 23.9 Å². The van der Waals surface area contributed by atoms with Crippen LogP contribution in [-0.2, 0) is 6.54 Å². The van der Waals surface area contributed by atoms with Crippen molar-refractivity contribution in [2.45, 2.75) is 11.7 Å². The summed E-state index contributed by atoms with van der Waals surface area (Å²) in [6, 6.07) is 5.96. The van der Waals surface area contributed by atoms with Gasteiger partial charge in [-0.2, -0.15) is 0 Å². The fourth-order valence-corrected chi connectivity index (χ4v) is 2.57. The Morgan fingerprint density at radius 2 is 2.29 bits per heavy atom. The van der Waals surface area contributed by atoms with E-state index in [0.29, 0.717) is 11.0 Å². The molecule has 0 radical (unpaired) electrons. The van der Waals surface area contributed by atoms with E-state index < -0.39 is 0 Å². The molecule has 0 atom stereocenters. The van der Waals surface area contributed by atoms with Crippen LogP contribution in [0, 0.1) is 0 Å². The van der Waals surface area contributed by atoms with Crippen molar-refractivity contribution in [1.29, 1.82) is 0 Å². The van der Waals surface area contributed by atoms with E-state index in [-0.39, 0.29) is 0 Å². The molecule has 2 N–H and O–H groups in total. The topological polar surface area (TPSA) is 55.0 Å². The van der Waals surface area contributed by atoms with E-state index >= 15 is 0 Å². The maximum Gasteiger partial charge on any atom is 0.191 e. The highest BCUT2D eigenvalue weighted by Gasteiger charge is 2.07. The number of hydrogen-bond acceptors (Lipinski definition) is 6. The monoisotopic (exact) mass is 266 g/mol. The summed E-state index contributed by atoms with van der Waals surface area (Å²) in [5.74, 6) is 1.37. The highest BCUT2D eigenvalue weighted by atomic mass is 32.2. The molecule has 2 aromatic rings. The molecule has 0 bridgehead atoms. The summed E-state index contributed by atoms with van der Waals surface area (Å²) >= 11 is 3.23. The van der Waals surface area contributed by atoms with E-state index in [0.717, 1.165) is 12.4 Å². The Labute approximate surface area is 109 Å². The number of thioether (sulfide) groups is 1. The molecule has 90 valence electrons. The molecule has 0 aromatic carbocycles. The van der Waals surface area contributed by atoms with Gasteiger partial charge in [0.05, 0.1) is 6.54 Å². The van der Waals surface area contributed by atoms with Gasteiger partial charge in [-0.05, 0) is 17.7 Å². The second-order valence-corrected chi connectivity index (χ2v) is 5.38. The number of rotatable bonds is 4. The highest BCUT2D eigenvalue weighted by molar-refractivity contribution is 7.98. The van der Waals surface area contributed by atoms with Crippen molar-refractivity contribution in [1.82, 2.24) is 9.97 Å². The molecule has 2 heterocycles. The van der Waals surface area contributed by atoms with E-state index in [1.807, 2.05) is 13.3 Å². The SMILES string of the molecule is CSc1nc(N)cc(N(C)Cc2cccs2)n1. The molecule has 6 heteroatoms. The van der Waals surface area contributed by atoms with Crippen LogP contribution in [0.5, 0.6) is 0 Å². The van der Waals surface area contributed by atoms with Gasteiger partial charge in [0.1, 0.15) is 11.6 Å². The molecule has 0 saturated heterocycles. The molecule has 0 aliphatic rings. The number of nitrogens with zero attached hydrogens (tertiary/aromatic N) is 3. The van der Waals surface area contributed by atoms with Crippen LogP contribution < -0.4 is 10.6 Å². The number of thiophene rings is 1. The summed E-state index contributed by atoms with van der Waals surface area (Å²) in [4.78, 5) is 11.9. The molecular formula is C11H14N4S2. The van der Waals surface area contributed by atoms with Gasteiger partial charge in [-0.3, -0.25) is 0 Å². The lowest BCUT2D eigenvalue weighted by atomic mass is 10.4. The van der Waals surface area contributed by atoms with Crippen LogP contribution in [-0.4, -0.2) is 23.3 Å². The normalized spacial score (nSPS) is 10.5. The highest BCUT2D eigenvalue weighted by Crippen LogP contribution is 2.20. The van der Waals surface area contributed by atoms with Crippen LogP contribution in [0.1, 0.15) is 4.88 Å². The maximum atomic E-state index is 5.76. The number of nitrogens with two attached hydrogens (primary N) is 1. The second-order valence-electron chi connectivity index (χ2n) is 3.57. The van der Waals surface area contributed by atoms with Crippen molar-refractivity contribution in [2.24, 2.45) is 0 Å². The van der Waals surface area contributed by atoms with Crippen LogP contribution in [0.4, 0.5) is 11.6 Å². The Bertz CT molecular complexity index is 484. The first-order chi connectivity index (χ1) is 8.19.